The van der Waals surface area contributed by atoms with Gasteiger partial charge in [-0.3, -0.25) is 4.79 Å². The molecule has 0 radical (unpaired) electrons. The number of ether oxygens (including phenoxy) is 2. The number of carbonyl (C=O) groups is 3. The van der Waals surface area contributed by atoms with Crippen molar-refractivity contribution in [3.05, 3.63) is 35.9 Å². The molecule has 0 aromatic heterocycles. The van der Waals surface area contributed by atoms with Crippen LogP contribution >= 0.6 is 0 Å². The number of hydrogen-bond donors (Lipinski definition) is 2. The number of carbonyl (C=O) groups excluding carboxylic acids is 3. The van der Waals surface area contributed by atoms with Crippen molar-refractivity contribution in [1.82, 2.24) is 10.6 Å². The van der Waals surface area contributed by atoms with Gasteiger partial charge in [0.05, 0.1) is 7.11 Å². The molecule has 2 atom stereocenters. The molecule has 0 heterocycles. The zero-order chi connectivity index (χ0) is 20.4. The van der Waals surface area contributed by atoms with Crippen molar-refractivity contribution in [2.75, 3.05) is 7.11 Å². The first kappa shape index (κ1) is 22.5. The Hall–Kier alpha value is -2.57. The van der Waals surface area contributed by atoms with Crippen LogP contribution in [0.2, 0.25) is 0 Å². The highest BCUT2D eigenvalue weighted by molar-refractivity contribution is 5.89. The largest absolute Gasteiger partial charge is 0.467 e. The molecule has 0 aliphatic rings. The number of esters is 1. The Morgan fingerprint density at radius 2 is 1.63 bits per heavy atom. The first-order chi connectivity index (χ1) is 12.7. The second kappa shape index (κ2) is 11.2. The third-order valence-electron chi connectivity index (χ3n) is 3.94. The number of amides is 2. The van der Waals surface area contributed by atoms with E-state index in [1.165, 1.54) is 7.11 Å². The Morgan fingerprint density at radius 3 is 2.15 bits per heavy atom. The Balaban J connectivity index is 2.68. The van der Waals surface area contributed by atoms with Crippen LogP contribution in [0.5, 0.6) is 0 Å². The van der Waals surface area contributed by atoms with Gasteiger partial charge in [-0.1, -0.05) is 58.0 Å². The second-order valence-corrected chi connectivity index (χ2v) is 7.14. The van der Waals surface area contributed by atoms with E-state index < -0.39 is 30.1 Å². The van der Waals surface area contributed by atoms with Crippen LogP contribution in [0.3, 0.4) is 0 Å². The summed E-state index contributed by atoms with van der Waals surface area (Å²) in [5, 5.41) is 5.25. The first-order valence-electron chi connectivity index (χ1n) is 9.10. The number of rotatable bonds is 9. The van der Waals surface area contributed by atoms with Crippen molar-refractivity contribution in [1.29, 1.82) is 0 Å². The lowest BCUT2D eigenvalue weighted by Gasteiger charge is -2.25. The van der Waals surface area contributed by atoms with Crippen molar-refractivity contribution in [2.45, 2.75) is 52.8 Å². The smallest absolute Gasteiger partial charge is 0.408 e. The van der Waals surface area contributed by atoms with Crippen LogP contribution in [0.1, 0.15) is 39.7 Å². The molecule has 150 valence electrons. The average Bonchev–Trinajstić information content (AvgIpc) is 2.63. The molecule has 2 amide bonds. The molecule has 1 aromatic rings. The summed E-state index contributed by atoms with van der Waals surface area (Å²) in [6, 6.07) is 7.67. The Labute approximate surface area is 160 Å². The zero-order valence-corrected chi connectivity index (χ0v) is 16.7. The van der Waals surface area contributed by atoms with E-state index in [0.29, 0.717) is 6.42 Å². The van der Waals surface area contributed by atoms with Crippen molar-refractivity contribution < 1.29 is 23.9 Å². The Kier molecular flexibility index (Phi) is 9.33. The van der Waals surface area contributed by atoms with Gasteiger partial charge in [-0.2, -0.15) is 0 Å². The summed E-state index contributed by atoms with van der Waals surface area (Å²) in [6.45, 7) is 7.61. The van der Waals surface area contributed by atoms with E-state index in [2.05, 4.69) is 10.6 Å². The van der Waals surface area contributed by atoms with Gasteiger partial charge in [-0.15, -0.1) is 0 Å². The molecule has 0 aliphatic heterocycles. The summed E-state index contributed by atoms with van der Waals surface area (Å²) in [4.78, 5) is 36.6. The van der Waals surface area contributed by atoms with Gasteiger partial charge in [0.1, 0.15) is 18.7 Å². The predicted molar refractivity (Wildman–Crippen MR) is 102 cm³/mol. The third-order valence-corrected chi connectivity index (χ3v) is 3.94. The molecule has 1 rings (SSSR count). The quantitative estimate of drug-likeness (QED) is 0.644. The van der Waals surface area contributed by atoms with E-state index in [4.69, 9.17) is 9.47 Å². The van der Waals surface area contributed by atoms with Crippen molar-refractivity contribution >= 4 is 18.0 Å². The van der Waals surface area contributed by atoms with E-state index >= 15 is 0 Å². The lowest BCUT2D eigenvalue weighted by atomic mass is 10.0. The summed E-state index contributed by atoms with van der Waals surface area (Å²) >= 11 is 0. The van der Waals surface area contributed by atoms with Crippen LogP contribution in [0.4, 0.5) is 4.79 Å². The molecular weight excluding hydrogens is 348 g/mol. The van der Waals surface area contributed by atoms with Crippen LogP contribution in [-0.4, -0.2) is 37.2 Å². The SMILES string of the molecule is COC(=O)[C@@H](CC(C)C)NC(=O)[C@H](NC(=O)OCc1ccccc1)C(C)C. The summed E-state index contributed by atoms with van der Waals surface area (Å²) in [5.74, 6) is -0.953. The standard InChI is InChI=1S/C20H30N2O5/c1-13(2)11-16(19(24)26-5)21-18(23)17(14(3)4)22-20(25)27-12-15-9-7-6-8-10-15/h6-10,13-14,16-17H,11-12H2,1-5H3,(H,21,23)(H,22,25)/t16-,17-/m1/s1. The minimum atomic E-state index is -0.826. The fourth-order valence-corrected chi connectivity index (χ4v) is 2.52. The minimum Gasteiger partial charge on any atom is -0.467 e. The maximum absolute atomic E-state index is 12.6. The van der Waals surface area contributed by atoms with E-state index in [1.807, 2.05) is 44.2 Å². The van der Waals surface area contributed by atoms with Crippen molar-refractivity contribution in [3.63, 3.8) is 0 Å². The Morgan fingerprint density at radius 1 is 1.00 bits per heavy atom. The monoisotopic (exact) mass is 378 g/mol. The topological polar surface area (TPSA) is 93.7 Å². The lowest BCUT2D eigenvalue weighted by molar-refractivity contribution is -0.145. The van der Waals surface area contributed by atoms with Crippen LogP contribution in [-0.2, 0) is 25.7 Å². The van der Waals surface area contributed by atoms with Gasteiger partial charge >= 0.3 is 12.1 Å². The number of alkyl carbamates (subject to hydrolysis) is 1. The lowest BCUT2D eigenvalue weighted by Crippen LogP contribution is -2.54. The molecule has 7 heteroatoms. The predicted octanol–water partition coefficient (Wildman–Crippen LogP) is 2.64. The van der Waals surface area contributed by atoms with E-state index in [-0.39, 0.29) is 18.4 Å². The van der Waals surface area contributed by atoms with E-state index in [9.17, 15) is 14.4 Å². The fourth-order valence-electron chi connectivity index (χ4n) is 2.52. The van der Waals surface area contributed by atoms with Crippen molar-refractivity contribution in [2.24, 2.45) is 11.8 Å². The zero-order valence-electron chi connectivity index (χ0n) is 16.7. The van der Waals surface area contributed by atoms with Gasteiger partial charge in [-0.25, -0.2) is 9.59 Å². The summed E-state index contributed by atoms with van der Waals surface area (Å²) in [7, 11) is 1.28. The summed E-state index contributed by atoms with van der Waals surface area (Å²) in [6.07, 6.45) is -0.243. The molecule has 0 spiro atoms. The maximum Gasteiger partial charge on any atom is 0.408 e. The van der Waals surface area contributed by atoms with Crippen LogP contribution in [0.25, 0.3) is 0 Å². The molecule has 0 fully saturated rings. The van der Waals surface area contributed by atoms with Crippen LogP contribution in [0.15, 0.2) is 30.3 Å². The Bertz CT molecular complexity index is 616. The highest BCUT2D eigenvalue weighted by Gasteiger charge is 2.30. The number of benzene rings is 1. The maximum atomic E-state index is 12.6. The minimum absolute atomic E-state index is 0.108. The number of methoxy groups -OCH3 is 1. The molecule has 0 bridgehead atoms. The molecular formula is C20H30N2O5. The van der Waals surface area contributed by atoms with Gasteiger partial charge in [0, 0.05) is 0 Å². The normalized spacial score (nSPS) is 13.0. The van der Waals surface area contributed by atoms with E-state index in [0.717, 1.165) is 5.56 Å². The average molecular weight is 378 g/mol. The van der Waals surface area contributed by atoms with Crippen LogP contribution in [0, 0.1) is 11.8 Å². The van der Waals surface area contributed by atoms with Crippen LogP contribution < -0.4 is 10.6 Å². The first-order valence-corrected chi connectivity index (χ1v) is 9.10. The molecule has 7 nitrogen and oxygen atoms in total. The molecule has 0 aliphatic carbocycles. The van der Waals surface area contributed by atoms with Gasteiger partial charge in [-0.05, 0) is 23.8 Å². The second-order valence-electron chi connectivity index (χ2n) is 7.14. The van der Waals surface area contributed by atoms with Gasteiger partial charge in [0.15, 0.2) is 0 Å². The fraction of sp³-hybridized carbons (Fsp3) is 0.550. The molecule has 0 unspecified atom stereocenters. The summed E-state index contributed by atoms with van der Waals surface area (Å²) < 4.78 is 9.93. The summed E-state index contributed by atoms with van der Waals surface area (Å²) in [5.41, 5.74) is 0.848. The van der Waals surface area contributed by atoms with Gasteiger partial charge in [0.25, 0.3) is 0 Å². The van der Waals surface area contributed by atoms with Gasteiger partial charge in [0.2, 0.25) is 5.91 Å². The molecule has 0 saturated heterocycles. The molecule has 1 aromatic carbocycles. The van der Waals surface area contributed by atoms with Crippen molar-refractivity contribution in [3.8, 4) is 0 Å². The third kappa shape index (κ3) is 8.11. The molecule has 0 saturated carbocycles. The van der Waals surface area contributed by atoms with Gasteiger partial charge < -0.3 is 20.1 Å². The molecule has 2 N–H and O–H groups in total. The highest BCUT2D eigenvalue weighted by atomic mass is 16.5. The number of nitrogens with one attached hydrogen (secondary N) is 2. The molecule has 27 heavy (non-hydrogen) atoms. The van der Waals surface area contributed by atoms with E-state index in [1.54, 1.807) is 13.8 Å². The highest BCUT2D eigenvalue weighted by Crippen LogP contribution is 2.09. The number of hydrogen-bond acceptors (Lipinski definition) is 5.